The van der Waals surface area contributed by atoms with Crippen molar-refractivity contribution in [2.24, 2.45) is 0 Å². The first kappa shape index (κ1) is 18.3. The molecule has 24 heavy (non-hydrogen) atoms. The molecule has 0 radical (unpaired) electrons. The number of hydrogen-bond acceptors (Lipinski definition) is 5. The quantitative estimate of drug-likeness (QED) is 0.761. The molecular formula is C18H22N4OS. The van der Waals surface area contributed by atoms with Gasteiger partial charge in [0.25, 0.3) is 0 Å². The molecule has 0 N–H and O–H groups in total. The standard InChI is InChI=1S/C18H22N4OS/c19-8-4-10-21(11-5-9-20)18(23)14-22-12-13-24-15-17(22)16-6-2-1-3-7-16/h1-3,6-7,17H,4-5,10-15H2/t17-/m0/s1. The van der Waals surface area contributed by atoms with Crippen molar-refractivity contribution in [2.45, 2.75) is 18.9 Å². The molecule has 0 bridgehead atoms. The van der Waals surface area contributed by atoms with Gasteiger partial charge in [-0.3, -0.25) is 9.69 Å². The molecule has 1 atom stereocenters. The number of carbonyl (C=O) groups is 1. The number of carbonyl (C=O) groups excluding carboxylic acids is 1. The molecule has 0 saturated carbocycles. The molecule has 1 amide bonds. The minimum absolute atomic E-state index is 0.00771. The lowest BCUT2D eigenvalue weighted by Gasteiger charge is -2.36. The molecule has 0 spiro atoms. The fraction of sp³-hybridized carbons (Fsp3) is 0.500. The summed E-state index contributed by atoms with van der Waals surface area (Å²) < 4.78 is 0. The third-order valence-electron chi connectivity index (χ3n) is 4.10. The fourth-order valence-corrected chi connectivity index (χ4v) is 3.97. The van der Waals surface area contributed by atoms with Crippen LogP contribution in [0.1, 0.15) is 24.4 Å². The van der Waals surface area contributed by atoms with Crippen LogP contribution < -0.4 is 0 Å². The normalized spacial score (nSPS) is 17.7. The van der Waals surface area contributed by atoms with Gasteiger partial charge in [-0.25, -0.2) is 0 Å². The topological polar surface area (TPSA) is 71.1 Å². The van der Waals surface area contributed by atoms with E-state index in [0.29, 0.717) is 32.5 Å². The van der Waals surface area contributed by atoms with Gasteiger partial charge >= 0.3 is 0 Å². The van der Waals surface area contributed by atoms with Gasteiger partial charge in [-0.2, -0.15) is 22.3 Å². The Bertz CT molecular complexity index is 590. The number of benzene rings is 1. The van der Waals surface area contributed by atoms with E-state index in [1.54, 1.807) is 4.90 Å². The molecule has 1 aliphatic rings. The molecule has 126 valence electrons. The van der Waals surface area contributed by atoms with Crippen molar-refractivity contribution in [2.75, 3.05) is 37.7 Å². The summed E-state index contributed by atoms with van der Waals surface area (Å²) >= 11 is 1.91. The van der Waals surface area contributed by atoms with E-state index in [9.17, 15) is 4.79 Å². The van der Waals surface area contributed by atoms with Crippen LogP contribution in [0, 0.1) is 22.7 Å². The first-order valence-electron chi connectivity index (χ1n) is 8.14. The summed E-state index contributed by atoms with van der Waals surface area (Å²) in [6.07, 6.45) is 0.601. The number of hydrogen-bond donors (Lipinski definition) is 0. The first-order valence-corrected chi connectivity index (χ1v) is 9.30. The van der Waals surface area contributed by atoms with Gasteiger partial charge in [0.05, 0.1) is 31.5 Å². The number of amides is 1. The Hall–Kier alpha value is -2.02. The van der Waals surface area contributed by atoms with Crippen LogP contribution in [-0.2, 0) is 4.79 Å². The SMILES string of the molecule is N#CCCN(CCC#N)C(=O)CN1CCSC[C@H]1c1ccccc1. The highest BCUT2D eigenvalue weighted by Gasteiger charge is 2.27. The zero-order valence-corrected chi connectivity index (χ0v) is 14.5. The van der Waals surface area contributed by atoms with Crippen LogP contribution in [-0.4, -0.2) is 53.4 Å². The predicted molar refractivity (Wildman–Crippen MR) is 95.1 cm³/mol. The van der Waals surface area contributed by atoms with Crippen LogP contribution in [0.15, 0.2) is 30.3 Å². The van der Waals surface area contributed by atoms with E-state index in [-0.39, 0.29) is 11.9 Å². The maximum Gasteiger partial charge on any atom is 0.236 e. The summed E-state index contributed by atoms with van der Waals surface area (Å²) in [6.45, 7) is 2.02. The van der Waals surface area contributed by atoms with E-state index >= 15 is 0 Å². The van der Waals surface area contributed by atoms with E-state index in [4.69, 9.17) is 10.5 Å². The van der Waals surface area contributed by atoms with Gasteiger partial charge in [-0.1, -0.05) is 30.3 Å². The van der Waals surface area contributed by atoms with Crippen LogP contribution >= 0.6 is 11.8 Å². The van der Waals surface area contributed by atoms with Gasteiger partial charge in [0, 0.05) is 37.2 Å². The van der Waals surface area contributed by atoms with Crippen molar-refractivity contribution >= 4 is 17.7 Å². The Morgan fingerprint density at radius 3 is 2.50 bits per heavy atom. The molecule has 1 heterocycles. The van der Waals surface area contributed by atoms with Crippen molar-refractivity contribution in [1.82, 2.24) is 9.80 Å². The monoisotopic (exact) mass is 342 g/mol. The van der Waals surface area contributed by atoms with Gasteiger partial charge < -0.3 is 4.90 Å². The van der Waals surface area contributed by atoms with Crippen molar-refractivity contribution in [3.63, 3.8) is 0 Å². The summed E-state index contributed by atoms with van der Waals surface area (Å²) in [5.74, 6) is 2.01. The summed E-state index contributed by atoms with van der Waals surface area (Å²) in [6, 6.07) is 14.7. The highest BCUT2D eigenvalue weighted by Crippen LogP contribution is 2.29. The molecule has 1 fully saturated rings. The van der Waals surface area contributed by atoms with Gasteiger partial charge in [0.2, 0.25) is 5.91 Å². The van der Waals surface area contributed by atoms with Crippen molar-refractivity contribution in [3.8, 4) is 12.1 Å². The Morgan fingerprint density at radius 1 is 1.21 bits per heavy atom. The van der Waals surface area contributed by atoms with Crippen molar-refractivity contribution in [1.29, 1.82) is 10.5 Å². The third-order valence-corrected chi connectivity index (χ3v) is 5.12. The molecule has 0 unspecified atom stereocenters. The highest BCUT2D eigenvalue weighted by molar-refractivity contribution is 7.99. The molecule has 0 aliphatic carbocycles. The largest absolute Gasteiger partial charge is 0.340 e. The van der Waals surface area contributed by atoms with E-state index in [0.717, 1.165) is 18.1 Å². The first-order chi connectivity index (χ1) is 11.8. The number of nitriles is 2. The van der Waals surface area contributed by atoms with Crippen molar-refractivity contribution < 1.29 is 4.79 Å². The number of rotatable bonds is 7. The molecule has 2 rings (SSSR count). The predicted octanol–water partition coefficient (Wildman–Crippen LogP) is 2.43. The van der Waals surface area contributed by atoms with Crippen molar-refractivity contribution in [3.05, 3.63) is 35.9 Å². The second-order valence-corrected chi connectivity index (χ2v) is 6.82. The Balaban J connectivity index is 2.03. The molecule has 6 heteroatoms. The fourth-order valence-electron chi connectivity index (χ4n) is 2.81. The zero-order chi connectivity index (χ0) is 17.2. The average Bonchev–Trinajstić information content (AvgIpc) is 2.63. The Morgan fingerprint density at radius 2 is 1.88 bits per heavy atom. The van der Waals surface area contributed by atoms with E-state index in [1.165, 1.54) is 5.56 Å². The summed E-state index contributed by atoms with van der Waals surface area (Å²) in [5, 5.41) is 17.5. The molecule has 0 aromatic heterocycles. The van der Waals surface area contributed by atoms with Crippen LogP contribution in [0.5, 0.6) is 0 Å². The molecule has 1 aromatic carbocycles. The van der Waals surface area contributed by atoms with Gasteiger partial charge in [0.15, 0.2) is 0 Å². The van der Waals surface area contributed by atoms with Gasteiger partial charge in [0.1, 0.15) is 0 Å². The number of thioether (sulfide) groups is 1. The average molecular weight is 342 g/mol. The summed E-state index contributed by atoms with van der Waals surface area (Å²) in [7, 11) is 0. The van der Waals surface area contributed by atoms with Crippen LogP contribution in [0.25, 0.3) is 0 Å². The highest BCUT2D eigenvalue weighted by atomic mass is 32.2. The summed E-state index contributed by atoms with van der Waals surface area (Å²) in [4.78, 5) is 16.5. The Kier molecular flexibility index (Phi) is 7.61. The molecular weight excluding hydrogens is 320 g/mol. The van der Waals surface area contributed by atoms with E-state index in [2.05, 4.69) is 29.2 Å². The smallest absolute Gasteiger partial charge is 0.236 e. The molecule has 1 saturated heterocycles. The minimum atomic E-state index is 0.00771. The van der Waals surface area contributed by atoms with Gasteiger partial charge in [-0.05, 0) is 5.56 Å². The molecule has 1 aliphatic heterocycles. The van der Waals surface area contributed by atoms with E-state index in [1.807, 2.05) is 30.0 Å². The number of nitrogens with zero attached hydrogens (tertiary/aromatic N) is 4. The molecule has 5 nitrogen and oxygen atoms in total. The van der Waals surface area contributed by atoms with E-state index < -0.39 is 0 Å². The summed E-state index contributed by atoms with van der Waals surface area (Å²) in [5.41, 5.74) is 1.23. The Labute approximate surface area is 147 Å². The lowest BCUT2D eigenvalue weighted by atomic mass is 10.1. The molecule has 1 aromatic rings. The maximum absolute atomic E-state index is 12.7. The van der Waals surface area contributed by atoms with Gasteiger partial charge in [-0.15, -0.1) is 0 Å². The second-order valence-electron chi connectivity index (χ2n) is 5.67. The second kappa shape index (κ2) is 9.97. The van der Waals surface area contributed by atoms with Crippen LogP contribution in [0.4, 0.5) is 0 Å². The maximum atomic E-state index is 12.7. The van der Waals surface area contributed by atoms with Crippen LogP contribution in [0.2, 0.25) is 0 Å². The van der Waals surface area contributed by atoms with Crippen LogP contribution in [0.3, 0.4) is 0 Å². The third kappa shape index (κ3) is 5.26. The zero-order valence-electron chi connectivity index (χ0n) is 13.7. The lowest BCUT2D eigenvalue weighted by Crippen LogP contribution is -2.45. The lowest BCUT2D eigenvalue weighted by molar-refractivity contribution is -0.132. The minimum Gasteiger partial charge on any atom is -0.340 e.